The van der Waals surface area contributed by atoms with Crippen molar-refractivity contribution in [3.05, 3.63) is 36.9 Å². The Morgan fingerprint density at radius 2 is 2.17 bits per heavy atom. The molecule has 2 heterocycles. The lowest BCUT2D eigenvalue weighted by Gasteiger charge is -2.13. The summed E-state index contributed by atoms with van der Waals surface area (Å²) in [6.07, 6.45) is 0.881. The number of nitrogens with two attached hydrogens (primary N) is 1. The lowest BCUT2D eigenvalue weighted by Crippen LogP contribution is -2.16. The zero-order valence-corrected chi connectivity index (χ0v) is 13.4. The van der Waals surface area contributed by atoms with Crippen LogP contribution >= 0.6 is 38.6 Å². The van der Waals surface area contributed by atoms with Crippen LogP contribution in [0.4, 0.5) is 0 Å². The SMILES string of the molecule is CN(Cc1csc(CCN)n1)Cc1cc(Br)cs1. The first kappa shape index (κ1) is 14.1. The molecule has 18 heavy (non-hydrogen) atoms. The van der Waals surface area contributed by atoms with Gasteiger partial charge in [0.15, 0.2) is 0 Å². The molecule has 0 saturated heterocycles. The monoisotopic (exact) mass is 345 g/mol. The average Bonchev–Trinajstić information content (AvgIpc) is 2.89. The zero-order chi connectivity index (χ0) is 13.0. The maximum atomic E-state index is 5.53. The second-order valence-corrected chi connectivity index (χ2v) is 7.03. The third-order valence-electron chi connectivity index (χ3n) is 2.44. The standard InChI is InChI=1S/C12H16BrN3S2/c1-16(6-11-4-9(13)7-17-11)5-10-8-18-12(15-10)2-3-14/h4,7-8H,2-3,5-6,14H2,1H3. The molecule has 2 rings (SSSR count). The van der Waals surface area contributed by atoms with Crippen LogP contribution in [0.5, 0.6) is 0 Å². The van der Waals surface area contributed by atoms with Crippen LogP contribution in [0.15, 0.2) is 21.3 Å². The Hall–Kier alpha value is -0.270. The Kier molecular flexibility index (Phi) is 5.32. The van der Waals surface area contributed by atoms with Crippen LogP contribution in [0.25, 0.3) is 0 Å². The van der Waals surface area contributed by atoms with E-state index in [-0.39, 0.29) is 0 Å². The molecule has 0 spiro atoms. The van der Waals surface area contributed by atoms with Crippen molar-refractivity contribution in [3.63, 3.8) is 0 Å². The van der Waals surface area contributed by atoms with E-state index >= 15 is 0 Å². The van der Waals surface area contributed by atoms with Gasteiger partial charge in [-0.15, -0.1) is 22.7 Å². The highest BCUT2D eigenvalue weighted by molar-refractivity contribution is 9.10. The van der Waals surface area contributed by atoms with Crippen molar-refractivity contribution < 1.29 is 0 Å². The van der Waals surface area contributed by atoms with Gasteiger partial charge in [-0.05, 0) is 35.6 Å². The summed E-state index contributed by atoms with van der Waals surface area (Å²) in [5, 5.41) is 5.39. The van der Waals surface area contributed by atoms with Crippen molar-refractivity contribution in [2.75, 3.05) is 13.6 Å². The minimum Gasteiger partial charge on any atom is -0.330 e. The summed E-state index contributed by atoms with van der Waals surface area (Å²) in [5.74, 6) is 0. The molecule has 98 valence electrons. The highest BCUT2D eigenvalue weighted by Gasteiger charge is 2.07. The van der Waals surface area contributed by atoms with Gasteiger partial charge in [0.2, 0.25) is 0 Å². The predicted octanol–water partition coefficient (Wildman–Crippen LogP) is 3.10. The fourth-order valence-electron chi connectivity index (χ4n) is 1.70. The van der Waals surface area contributed by atoms with Gasteiger partial charge in [0.05, 0.1) is 10.7 Å². The number of thiazole rings is 1. The minimum atomic E-state index is 0.673. The van der Waals surface area contributed by atoms with Crippen molar-refractivity contribution in [1.82, 2.24) is 9.88 Å². The van der Waals surface area contributed by atoms with Crippen molar-refractivity contribution in [3.8, 4) is 0 Å². The molecule has 2 aromatic heterocycles. The van der Waals surface area contributed by atoms with E-state index in [0.29, 0.717) is 6.54 Å². The molecule has 0 amide bonds. The molecule has 0 aliphatic carbocycles. The summed E-state index contributed by atoms with van der Waals surface area (Å²) in [7, 11) is 2.12. The summed E-state index contributed by atoms with van der Waals surface area (Å²) in [5.41, 5.74) is 6.67. The van der Waals surface area contributed by atoms with E-state index in [1.165, 1.54) is 4.88 Å². The molecule has 0 atom stereocenters. The molecular weight excluding hydrogens is 330 g/mol. The van der Waals surface area contributed by atoms with Gasteiger partial charge in [-0.2, -0.15) is 0 Å². The molecule has 0 fully saturated rings. The number of aromatic nitrogens is 1. The number of thiophene rings is 1. The topological polar surface area (TPSA) is 42.1 Å². The summed E-state index contributed by atoms with van der Waals surface area (Å²) in [6.45, 7) is 2.52. The minimum absolute atomic E-state index is 0.673. The van der Waals surface area contributed by atoms with Crippen molar-refractivity contribution in [2.24, 2.45) is 5.73 Å². The second-order valence-electron chi connectivity index (χ2n) is 4.17. The Bertz CT molecular complexity index is 495. The number of halogens is 1. The van der Waals surface area contributed by atoms with Gasteiger partial charge in [0, 0.05) is 39.6 Å². The van der Waals surface area contributed by atoms with Gasteiger partial charge >= 0.3 is 0 Å². The molecular formula is C12H16BrN3S2. The van der Waals surface area contributed by atoms with Crippen LogP contribution in [0, 0.1) is 0 Å². The average molecular weight is 346 g/mol. The molecule has 0 aliphatic rings. The van der Waals surface area contributed by atoms with Gasteiger partial charge in [-0.3, -0.25) is 4.90 Å². The van der Waals surface area contributed by atoms with Crippen molar-refractivity contribution in [1.29, 1.82) is 0 Å². The summed E-state index contributed by atoms with van der Waals surface area (Å²) < 4.78 is 1.16. The molecule has 2 aromatic rings. The van der Waals surface area contributed by atoms with Gasteiger partial charge in [-0.25, -0.2) is 4.98 Å². The Morgan fingerprint density at radius 1 is 1.33 bits per heavy atom. The van der Waals surface area contributed by atoms with E-state index in [1.54, 1.807) is 22.7 Å². The van der Waals surface area contributed by atoms with E-state index in [9.17, 15) is 0 Å². The maximum absolute atomic E-state index is 5.53. The Labute approximate surface area is 124 Å². The van der Waals surface area contributed by atoms with Crippen LogP contribution in [0.3, 0.4) is 0 Å². The van der Waals surface area contributed by atoms with E-state index in [1.807, 2.05) is 0 Å². The van der Waals surface area contributed by atoms with Crippen LogP contribution < -0.4 is 5.73 Å². The molecule has 0 aromatic carbocycles. The molecule has 2 N–H and O–H groups in total. The van der Waals surface area contributed by atoms with Gasteiger partial charge in [0.25, 0.3) is 0 Å². The van der Waals surface area contributed by atoms with Crippen LogP contribution in [-0.2, 0) is 19.5 Å². The van der Waals surface area contributed by atoms with E-state index in [4.69, 9.17) is 5.73 Å². The normalized spacial score (nSPS) is 11.3. The largest absolute Gasteiger partial charge is 0.330 e. The van der Waals surface area contributed by atoms with E-state index < -0.39 is 0 Å². The summed E-state index contributed by atoms with van der Waals surface area (Å²) in [6, 6.07) is 2.17. The van der Waals surface area contributed by atoms with Crippen LogP contribution in [0.1, 0.15) is 15.6 Å². The predicted molar refractivity (Wildman–Crippen MR) is 82.1 cm³/mol. The third kappa shape index (κ3) is 4.13. The maximum Gasteiger partial charge on any atom is 0.0941 e. The summed E-state index contributed by atoms with van der Waals surface area (Å²) in [4.78, 5) is 8.22. The first-order valence-electron chi connectivity index (χ1n) is 5.72. The molecule has 6 heteroatoms. The lowest BCUT2D eigenvalue weighted by atomic mass is 10.4. The number of nitrogens with zero attached hydrogens (tertiary/aromatic N) is 2. The second kappa shape index (κ2) is 6.77. The fourth-order valence-corrected chi connectivity index (χ4v) is 4.03. The van der Waals surface area contributed by atoms with Crippen molar-refractivity contribution >= 4 is 38.6 Å². The fraction of sp³-hybridized carbons (Fsp3) is 0.417. The first-order valence-corrected chi connectivity index (χ1v) is 8.27. The molecule has 0 unspecified atom stereocenters. The molecule has 0 aliphatic heterocycles. The first-order chi connectivity index (χ1) is 8.67. The highest BCUT2D eigenvalue weighted by Crippen LogP contribution is 2.21. The van der Waals surface area contributed by atoms with Gasteiger partial charge in [0.1, 0.15) is 0 Å². The highest BCUT2D eigenvalue weighted by atomic mass is 79.9. The molecule has 0 bridgehead atoms. The van der Waals surface area contributed by atoms with Crippen molar-refractivity contribution in [2.45, 2.75) is 19.5 Å². The van der Waals surface area contributed by atoms with Gasteiger partial charge < -0.3 is 5.73 Å². The Morgan fingerprint density at radius 3 is 2.83 bits per heavy atom. The number of rotatable bonds is 6. The van der Waals surface area contributed by atoms with E-state index in [2.05, 4.69) is 49.7 Å². The molecule has 0 radical (unpaired) electrons. The van der Waals surface area contributed by atoms with Crippen LogP contribution in [-0.4, -0.2) is 23.5 Å². The smallest absolute Gasteiger partial charge is 0.0941 e. The van der Waals surface area contributed by atoms with Gasteiger partial charge in [-0.1, -0.05) is 0 Å². The van der Waals surface area contributed by atoms with Crippen LogP contribution in [0.2, 0.25) is 0 Å². The number of hydrogen-bond donors (Lipinski definition) is 1. The third-order valence-corrected chi connectivity index (χ3v) is 5.08. The zero-order valence-electron chi connectivity index (χ0n) is 10.2. The Balaban J connectivity index is 1.88. The lowest BCUT2D eigenvalue weighted by molar-refractivity contribution is 0.318. The molecule has 0 saturated carbocycles. The molecule has 3 nitrogen and oxygen atoms in total. The number of hydrogen-bond acceptors (Lipinski definition) is 5. The van der Waals surface area contributed by atoms with E-state index in [0.717, 1.165) is 34.7 Å². The quantitative estimate of drug-likeness (QED) is 0.874. The summed E-state index contributed by atoms with van der Waals surface area (Å²) >= 11 is 6.96.